The summed E-state index contributed by atoms with van der Waals surface area (Å²) in [5.41, 5.74) is 2.32. The fourth-order valence-corrected chi connectivity index (χ4v) is 4.78. The minimum Gasteiger partial charge on any atom is -0.341 e. The number of nitrogens with zero attached hydrogens (tertiary/aromatic N) is 3. The van der Waals surface area contributed by atoms with Crippen LogP contribution >= 0.6 is 27.7 Å². The fourth-order valence-electron chi connectivity index (χ4n) is 3.17. The summed E-state index contributed by atoms with van der Waals surface area (Å²) in [6.07, 6.45) is 1.85. The highest BCUT2D eigenvalue weighted by molar-refractivity contribution is 9.10. The lowest BCUT2D eigenvalue weighted by Gasteiger charge is -2.28. The Morgan fingerprint density at radius 2 is 2.00 bits per heavy atom. The van der Waals surface area contributed by atoms with Gasteiger partial charge in [0.15, 0.2) is 5.17 Å². The monoisotopic (exact) mass is 373 g/mol. The van der Waals surface area contributed by atoms with Crippen molar-refractivity contribution in [3.05, 3.63) is 64.4 Å². The van der Waals surface area contributed by atoms with E-state index in [-0.39, 0.29) is 12.1 Å². The highest BCUT2D eigenvalue weighted by Gasteiger charge is 2.43. The van der Waals surface area contributed by atoms with Gasteiger partial charge in [-0.25, -0.2) is 0 Å². The fraction of sp³-hybridized carbons (Fsp3) is 0.294. The van der Waals surface area contributed by atoms with E-state index in [1.165, 1.54) is 5.56 Å². The van der Waals surface area contributed by atoms with Crippen molar-refractivity contribution in [3.8, 4) is 0 Å². The van der Waals surface area contributed by atoms with Crippen LogP contribution in [0, 0.1) is 0 Å². The molecule has 2 aromatic rings. The predicted octanol–water partition coefficient (Wildman–Crippen LogP) is 4.43. The molecular weight excluding hydrogens is 358 g/mol. The Hall–Kier alpha value is -1.33. The zero-order valence-corrected chi connectivity index (χ0v) is 14.6. The van der Waals surface area contributed by atoms with Gasteiger partial charge in [-0.15, -0.1) is 0 Å². The van der Waals surface area contributed by atoms with E-state index in [9.17, 15) is 0 Å². The number of hydrogen-bond acceptors (Lipinski definition) is 4. The van der Waals surface area contributed by atoms with E-state index in [0.717, 1.165) is 21.9 Å². The highest BCUT2D eigenvalue weighted by Crippen LogP contribution is 2.48. The molecule has 112 valence electrons. The van der Waals surface area contributed by atoms with Gasteiger partial charge in [-0.1, -0.05) is 58.9 Å². The van der Waals surface area contributed by atoms with Gasteiger partial charge < -0.3 is 4.90 Å². The van der Waals surface area contributed by atoms with Crippen LogP contribution in [0.3, 0.4) is 0 Å². The van der Waals surface area contributed by atoms with Crippen molar-refractivity contribution in [2.24, 2.45) is 4.99 Å². The third kappa shape index (κ3) is 2.36. The Morgan fingerprint density at radius 1 is 1.18 bits per heavy atom. The molecular formula is C17H16BrN3S. The summed E-state index contributed by atoms with van der Waals surface area (Å²) in [4.78, 5) is 12.0. The second kappa shape index (κ2) is 5.70. The molecule has 1 fully saturated rings. The number of pyridine rings is 1. The molecule has 0 amide bonds. The predicted molar refractivity (Wildman–Crippen MR) is 95.1 cm³/mol. The van der Waals surface area contributed by atoms with Crippen LogP contribution in [-0.2, 0) is 0 Å². The van der Waals surface area contributed by atoms with Crippen molar-refractivity contribution >= 4 is 32.9 Å². The number of aliphatic imine (C=N–C) groups is 1. The summed E-state index contributed by atoms with van der Waals surface area (Å²) in [6.45, 7) is 3.30. The van der Waals surface area contributed by atoms with Crippen molar-refractivity contribution in [1.29, 1.82) is 0 Å². The van der Waals surface area contributed by atoms with Crippen LogP contribution in [0.2, 0.25) is 0 Å². The average Bonchev–Trinajstić information content (AvgIpc) is 3.05. The maximum Gasteiger partial charge on any atom is 0.160 e. The Balaban J connectivity index is 1.81. The molecule has 3 nitrogen and oxygen atoms in total. The second-order valence-corrected chi connectivity index (χ2v) is 7.92. The maximum absolute atomic E-state index is 4.99. The van der Waals surface area contributed by atoms with Gasteiger partial charge in [0, 0.05) is 22.5 Å². The number of hydrogen-bond donors (Lipinski definition) is 0. The molecule has 2 aliphatic heterocycles. The van der Waals surface area contributed by atoms with E-state index in [0.29, 0.717) is 5.25 Å². The number of fused-ring (bicyclic) bond motifs is 1. The first-order valence-corrected chi connectivity index (χ1v) is 9.08. The zero-order valence-electron chi connectivity index (χ0n) is 12.2. The zero-order chi connectivity index (χ0) is 15.1. The largest absolute Gasteiger partial charge is 0.341 e. The quantitative estimate of drug-likeness (QED) is 0.779. The number of amidine groups is 1. The number of aromatic nitrogens is 1. The van der Waals surface area contributed by atoms with Crippen LogP contribution in [0.15, 0.2) is 58.1 Å². The molecule has 1 aromatic heterocycles. The van der Waals surface area contributed by atoms with Gasteiger partial charge >= 0.3 is 0 Å². The first kappa shape index (κ1) is 14.3. The van der Waals surface area contributed by atoms with Gasteiger partial charge in [-0.3, -0.25) is 9.98 Å². The van der Waals surface area contributed by atoms with Crippen LogP contribution < -0.4 is 0 Å². The van der Waals surface area contributed by atoms with Crippen LogP contribution in [-0.4, -0.2) is 26.8 Å². The lowest BCUT2D eigenvalue weighted by atomic mass is 9.96. The normalized spacial score (nSPS) is 26.9. The van der Waals surface area contributed by atoms with E-state index in [1.807, 2.05) is 30.1 Å². The molecule has 0 unspecified atom stereocenters. The van der Waals surface area contributed by atoms with Gasteiger partial charge in [0.1, 0.15) is 6.04 Å². The van der Waals surface area contributed by atoms with Gasteiger partial charge in [-0.05, 0) is 23.8 Å². The lowest BCUT2D eigenvalue weighted by molar-refractivity contribution is 0.320. The van der Waals surface area contributed by atoms with Crippen molar-refractivity contribution in [2.45, 2.75) is 24.3 Å². The summed E-state index contributed by atoms with van der Waals surface area (Å²) in [7, 11) is 0. The molecule has 22 heavy (non-hydrogen) atoms. The molecule has 3 atom stereocenters. The molecule has 1 aromatic carbocycles. The standard InChI is InChI=1S/C17H16BrN3S/c1-11-10-21-16(12-6-2-3-7-13(12)18)15(20-17(21)22-11)14-8-4-5-9-19-14/h2-9,11,15-16H,10H2,1H3/t11-,15+,16-/m0/s1. The molecule has 3 heterocycles. The molecule has 2 aliphatic rings. The van der Waals surface area contributed by atoms with Gasteiger partial charge in [0.05, 0.1) is 11.7 Å². The van der Waals surface area contributed by atoms with E-state index in [4.69, 9.17) is 4.99 Å². The van der Waals surface area contributed by atoms with E-state index >= 15 is 0 Å². The minimum atomic E-state index is 0.0647. The SMILES string of the molecule is C[C@H]1CN2C(=N[C@H](c3ccccn3)[C@@H]2c2ccccc2Br)S1. The van der Waals surface area contributed by atoms with Crippen molar-refractivity contribution in [3.63, 3.8) is 0 Å². The summed E-state index contributed by atoms with van der Waals surface area (Å²) in [6, 6.07) is 14.8. The Morgan fingerprint density at radius 3 is 2.77 bits per heavy atom. The van der Waals surface area contributed by atoms with Crippen LogP contribution in [0.1, 0.15) is 30.3 Å². The van der Waals surface area contributed by atoms with E-state index in [1.54, 1.807) is 0 Å². The number of halogens is 1. The molecule has 4 rings (SSSR count). The average molecular weight is 374 g/mol. The Kier molecular flexibility index (Phi) is 3.70. The van der Waals surface area contributed by atoms with Crippen LogP contribution in [0.4, 0.5) is 0 Å². The Labute approximate surface area is 143 Å². The van der Waals surface area contributed by atoms with Crippen molar-refractivity contribution < 1.29 is 0 Å². The third-order valence-electron chi connectivity index (χ3n) is 4.11. The first-order chi connectivity index (χ1) is 10.7. The smallest absolute Gasteiger partial charge is 0.160 e. The number of benzene rings is 1. The van der Waals surface area contributed by atoms with Gasteiger partial charge in [-0.2, -0.15) is 0 Å². The summed E-state index contributed by atoms with van der Waals surface area (Å²) in [5, 5.41) is 1.75. The van der Waals surface area contributed by atoms with Gasteiger partial charge in [0.2, 0.25) is 0 Å². The molecule has 0 spiro atoms. The van der Waals surface area contributed by atoms with Crippen LogP contribution in [0.25, 0.3) is 0 Å². The third-order valence-corrected chi connectivity index (χ3v) is 5.93. The molecule has 0 N–H and O–H groups in total. The molecule has 0 aliphatic carbocycles. The first-order valence-electron chi connectivity index (χ1n) is 7.40. The topological polar surface area (TPSA) is 28.5 Å². The van der Waals surface area contributed by atoms with E-state index in [2.05, 4.69) is 63.1 Å². The van der Waals surface area contributed by atoms with Gasteiger partial charge in [0.25, 0.3) is 0 Å². The summed E-state index contributed by atoms with van der Waals surface area (Å²) >= 11 is 5.59. The molecule has 0 saturated carbocycles. The number of thioether (sulfide) groups is 1. The Bertz CT molecular complexity index is 719. The van der Waals surface area contributed by atoms with E-state index < -0.39 is 0 Å². The molecule has 1 saturated heterocycles. The minimum absolute atomic E-state index is 0.0647. The second-order valence-electron chi connectivity index (χ2n) is 5.66. The summed E-state index contributed by atoms with van der Waals surface area (Å²) < 4.78 is 1.14. The summed E-state index contributed by atoms with van der Waals surface area (Å²) in [5.74, 6) is 0. The van der Waals surface area contributed by atoms with Crippen molar-refractivity contribution in [1.82, 2.24) is 9.88 Å². The molecule has 0 radical (unpaired) electrons. The van der Waals surface area contributed by atoms with Crippen LogP contribution in [0.5, 0.6) is 0 Å². The molecule has 0 bridgehead atoms. The lowest BCUT2D eigenvalue weighted by Crippen LogP contribution is -2.28. The van der Waals surface area contributed by atoms with Crippen molar-refractivity contribution in [2.75, 3.05) is 6.54 Å². The number of rotatable bonds is 2. The maximum atomic E-state index is 4.99. The molecule has 5 heteroatoms. The highest BCUT2D eigenvalue weighted by atomic mass is 79.9.